The zero-order chi connectivity index (χ0) is 21.5. The molecule has 0 unspecified atom stereocenters. The van der Waals surface area contributed by atoms with Crippen LogP contribution in [0.5, 0.6) is 5.75 Å². The molecule has 0 aliphatic heterocycles. The number of benzene rings is 3. The van der Waals surface area contributed by atoms with Crippen molar-refractivity contribution in [3.05, 3.63) is 102 Å². The fourth-order valence-corrected chi connectivity index (χ4v) is 3.35. The molecule has 3 aromatic carbocycles. The van der Waals surface area contributed by atoms with Gasteiger partial charge >= 0.3 is 0 Å². The third kappa shape index (κ3) is 6.19. The molecule has 0 fully saturated rings. The number of rotatable bonds is 8. The molecule has 0 atom stereocenters. The highest BCUT2D eigenvalue weighted by atomic mass is 79.9. The van der Waals surface area contributed by atoms with Gasteiger partial charge in [0.05, 0.1) is 11.1 Å². The van der Waals surface area contributed by atoms with Crippen LogP contribution in [0.1, 0.15) is 16.7 Å². The van der Waals surface area contributed by atoms with Crippen LogP contribution in [0.15, 0.2) is 70.3 Å². The van der Waals surface area contributed by atoms with Crippen LogP contribution >= 0.6 is 39.1 Å². The van der Waals surface area contributed by atoms with Crippen molar-refractivity contribution in [3.8, 4) is 5.75 Å². The van der Waals surface area contributed by atoms with Gasteiger partial charge in [-0.2, -0.15) is 0 Å². The zero-order valence-corrected chi connectivity index (χ0v) is 18.5. The molecule has 0 radical (unpaired) electrons. The van der Waals surface area contributed by atoms with Gasteiger partial charge in [-0.25, -0.2) is 0 Å². The second kappa shape index (κ2) is 10.4. The second-order valence-corrected chi connectivity index (χ2v) is 7.90. The summed E-state index contributed by atoms with van der Waals surface area (Å²) in [5.41, 5.74) is 2.13. The molecule has 0 aliphatic rings. The van der Waals surface area contributed by atoms with Crippen LogP contribution in [0.3, 0.4) is 0 Å². The van der Waals surface area contributed by atoms with Gasteiger partial charge in [-0.05, 0) is 35.9 Å². The maximum Gasteiger partial charge on any atom is 0.269 e. The van der Waals surface area contributed by atoms with E-state index in [0.717, 1.165) is 10.0 Å². The number of halogens is 3. The van der Waals surface area contributed by atoms with E-state index in [1.54, 1.807) is 36.4 Å². The first kappa shape index (κ1) is 22.1. The Morgan fingerprint density at radius 1 is 1.07 bits per heavy atom. The Labute approximate surface area is 191 Å². The van der Waals surface area contributed by atoms with Gasteiger partial charge in [0.25, 0.3) is 5.69 Å². The van der Waals surface area contributed by atoms with Crippen molar-refractivity contribution in [1.29, 1.82) is 0 Å². The molecule has 30 heavy (non-hydrogen) atoms. The number of nitrogens with zero attached hydrogens (tertiary/aromatic N) is 2. The van der Waals surface area contributed by atoms with Crippen LogP contribution in [0.4, 0.5) is 5.69 Å². The van der Waals surface area contributed by atoms with Crippen LogP contribution in [0, 0.1) is 10.1 Å². The van der Waals surface area contributed by atoms with Crippen LogP contribution in [-0.4, -0.2) is 11.1 Å². The SMILES string of the molecule is O=[N+]([O-])c1cccc(CO/N=C\c2cc(Br)ccc2OCc2ccc(Cl)cc2Cl)c1. The molecule has 0 N–H and O–H groups in total. The summed E-state index contributed by atoms with van der Waals surface area (Å²) in [5, 5.41) is 15.9. The van der Waals surface area contributed by atoms with Gasteiger partial charge in [-0.3, -0.25) is 10.1 Å². The summed E-state index contributed by atoms with van der Waals surface area (Å²) in [4.78, 5) is 15.7. The largest absolute Gasteiger partial charge is 0.488 e. The molecular formula is C21H15BrCl2N2O4. The van der Waals surface area contributed by atoms with Crippen molar-refractivity contribution >= 4 is 51.0 Å². The van der Waals surface area contributed by atoms with Gasteiger partial charge < -0.3 is 9.57 Å². The average Bonchev–Trinajstić information content (AvgIpc) is 2.72. The summed E-state index contributed by atoms with van der Waals surface area (Å²) in [7, 11) is 0. The summed E-state index contributed by atoms with van der Waals surface area (Å²) in [5.74, 6) is 0.590. The zero-order valence-electron chi connectivity index (χ0n) is 15.4. The van der Waals surface area contributed by atoms with E-state index in [1.165, 1.54) is 18.3 Å². The normalized spacial score (nSPS) is 10.9. The Hall–Kier alpha value is -2.61. The standard InChI is InChI=1S/C21H15BrCl2N2O4/c22-17-5-7-21(29-13-15-4-6-18(23)10-20(15)24)16(9-17)11-25-30-12-14-2-1-3-19(8-14)26(27)28/h1-11H,12-13H2/b25-11-. The van der Waals surface area contributed by atoms with E-state index in [0.29, 0.717) is 26.9 Å². The molecular weight excluding hydrogens is 495 g/mol. The molecule has 0 bridgehead atoms. The lowest BCUT2D eigenvalue weighted by Gasteiger charge is -2.11. The number of non-ortho nitro benzene ring substituents is 1. The van der Waals surface area contributed by atoms with Crippen molar-refractivity contribution in [1.82, 2.24) is 0 Å². The first-order valence-electron chi connectivity index (χ1n) is 8.67. The number of hydrogen-bond acceptors (Lipinski definition) is 5. The molecule has 0 heterocycles. The minimum atomic E-state index is -0.454. The van der Waals surface area contributed by atoms with Crippen molar-refractivity contribution in [3.63, 3.8) is 0 Å². The lowest BCUT2D eigenvalue weighted by Crippen LogP contribution is -1.99. The number of oxime groups is 1. The molecule has 0 spiro atoms. The van der Waals surface area contributed by atoms with Crippen molar-refractivity contribution in [2.45, 2.75) is 13.2 Å². The monoisotopic (exact) mass is 508 g/mol. The molecule has 154 valence electrons. The van der Waals surface area contributed by atoms with E-state index in [1.807, 2.05) is 12.1 Å². The highest BCUT2D eigenvalue weighted by Crippen LogP contribution is 2.26. The van der Waals surface area contributed by atoms with Gasteiger partial charge in [0.2, 0.25) is 0 Å². The third-order valence-corrected chi connectivity index (χ3v) is 5.07. The molecule has 0 saturated heterocycles. The highest BCUT2D eigenvalue weighted by molar-refractivity contribution is 9.10. The summed E-state index contributed by atoms with van der Waals surface area (Å²) >= 11 is 15.5. The average molecular weight is 510 g/mol. The first-order chi connectivity index (χ1) is 14.4. The van der Waals surface area contributed by atoms with Crippen LogP contribution < -0.4 is 4.74 Å². The summed E-state index contributed by atoms with van der Waals surface area (Å²) in [6, 6.07) is 16.9. The summed E-state index contributed by atoms with van der Waals surface area (Å²) < 4.78 is 6.73. The highest BCUT2D eigenvalue weighted by Gasteiger charge is 2.08. The molecule has 6 nitrogen and oxygen atoms in total. The number of hydrogen-bond donors (Lipinski definition) is 0. The van der Waals surface area contributed by atoms with Crippen LogP contribution in [0.2, 0.25) is 10.0 Å². The van der Waals surface area contributed by atoms with E-state index < -0.39 is 4.92 Å². The van der Waals surface area contributed by atoms with Crippen molar-refractivity contribution in [2.24, 2.45) is 5.16 Å². The van der Waals surface area contributed by atoms with Crippen LogP contribution in [-0.2, 0) is 18.1 Å². The minimum absolute atomic E-state index is 0.00335. The minimum Gasteiger partial charge on any atom is -0.488 e. The maximum absolute atomic E-state index is 10.8. The Balaban J connectivity index is 1.66. The van der Waals surface area contributed by atoms with E-state index in [9.17, 15) is 10.1 Å². The Bertz CT molecular complexity index is 1090. The molecule has 0 aliphatic carbocycles. The second-order valence-electron chi connectivity index (χ2n) is 6.14. The Morgan fingerprint density at radius 2 is 1.90 bits per heavy atom. The van der Waals surface area contributed by atoms with Gasteiger partial charge in [0.15, 0.2) is 0 Å². The topological polar surface area (TPSA) is 74.0 Å². The lowest BCUT2D eigenvalue weighted by atomic mass is 10.2. The quantitative estimate of drug-likeness (QED) is 0.190. The summed E-state index contributed by atoms with van der Waals surface area (Å²) in [6.45, 7) is 0.357. The molecule has 9 heteroatoms. The van der Waals surface area contributed by atoms with Crippen molar-refractivity contribution < 1.29 is 14.5 Å². The molecule has 0 amide bonds. The predicted molar refractivity (Wildman–Crippen MR) is 120 cm³/mol. The number of nitro benzene ring substituents is 1. The van der Waals surface area contributed by atoms with Crippen LogP contribution in [0.25, 0.3) is 0 Å². The molecule has 0 saturated carbocycles. The van der Waals surface area contributed by atoms with E-state index in [2.05, 4.69) is 21.1 Å². The van der Waals surface area contributed by atoms with Gasteiger partial charge in [0, 0.05) is 37.8 Å². The van der Waals surface area contributed by atoms with Gasteiger partial charge in [-0.1, -0.05) is 62.5 Å². The van der Waals surface area contributed by atoms with Gasteiger partial charge in [0.1, 0.15) is 19.0 Å². The third-order valence-electron chi connectivity index (χ3n) is 3.99. The van der Waals surface area contributed by atoms with E-state index in [-0.39, 0.29) is 18.9 Å². The predicted octanol–water partition coefficient (Wildman–Crippen LogP) is 6.79. The smallest absolute Gasteiger partial charge is 0.269 e. The maximum atomic E-state index is 10.8. The fraction of sp³-hybridized carbons (Fsp3) is 0.0952. The Kier molecular flexibility index (Phi) is 7.68. The Morgan fingerprint density at radius 3 is 2.67 bits per heavy atom. The first-order valence-corrected chi connectivity index (χ1v) is 10.2. The number of ether oxygens (including phenoxy) is 1. The fourth-order valence-electron chi connectivity index (χ4n) is 2.51. The van der Waals surface area contributed by atoms with Crippen molar-refractivity contribution in [2.75, 3.05) is 0 Å². The van der Waals surface area contributed by atoms with E-state index in [4.69, 9.17) is 32.8 Å². The lowest BCUT2D eigenvalue weighted by molar-refractivity contribution is -0.384. The summed E-state index contributed by atoms with van der Waals surface area (Å²) in [6.07, 6.45) is 1.51. The number of nitro groups is 1. The molecule has 3 aromatic rings. The van der Waals surface area contributed by atoms with E-state index >= 15 is 0 Å². The molecule has 3 rings (SSSR count). The molecule has 0 aromatic heterocycles. The van der Waals surface area contributed by atoms with Gasteiger partial charge in [-0.15, -0.1) is 0 Å².